The minimum atomic E-state index is -0.142. The molecule has 1 saturated heterocycles. The van der Waals surface area contributed by atoms with Crippen LogP contribution in [0.1, 0.15) is 40.7 Å². The molecule has 0 spiro atoms. The number of likely N-dealkylation sites (tertiary alicyclic amines) is 1. The van der Waals surface area contributed by atoms with E-state index in [4.69, 9.17) is 5.26 Å². The summed E-state index contributed by atoms with van der Waals surface area (Å²) in [7, 11) is 0. The summed E-state index contributed by atoms with van der Waals surface area (Å²) in [6.45, 7) is 2.15. The van der Waals surface area contributed by atoms with Gasteiger partial charge in [0, 0.05) is 30.9 Å². The van der Waals surface area contributed by atoms with Gasteiger partial charge in [0.25, 0.3) is 5.91 Å². The topological polar surface area (TPSA) is 85.2 Å². The Bertz CT molecular complexity index is 865. The normalized spacial score (nSPS) is 13.5. The van der Waals surface area contributed by atoms with E-state index in [0.717, 1.165) is 37.2 Å². The lowest BCUT2D eigenvalue weighted by Crippen LogP contribution is -2.35. The molecule has 2 N–H and O–H groups in total. The highest BCUT2D eigenvalue weighted by molar-refractivity contribution is 5.94. The summed E-state index contributed by atoms with van der Waals surface area (Å²) in [5.74, 6) is -0.0764. The van der Waals surface area contributed by atoms with Gasteiger partial charge in [0.05, 0.1) is 18.2 Å². The Labute approximate surface area is 165 Å². The summed E-state index contributed by atoms with van der Waals surface area (Å²) in [5.41, 5.74) is 2.93. The van der Waals surface area contributed by atoms with Gasteiger partial charge in [0.15, 0.2) is 0 Å². The Morgan fingerprint density at radius 2 is 1.79 bits per heavy atom. The molecule has 1 heterocycles. The highest BCUT2D eigenvalue weighted by atomic mass is 16.2. The van der Waals surface area contributed by atoms with Crippen LogP contribution < -0.4 is 10.6 Å². The van der Waals surface area contributed by atoms with E-state index in [9.17, 15) is 9.59 Å². The zero-order valence-corrected chi connectivity index (χ0v) is 15.8. The van der Waals surface area contributed by atoms with E-state index in [2.05, 4.69) is 16.7 Å². The number of hydrogen-bond acceptors (Lipinski definition) is 4. The fourth-order valence-electron chi connectivity index (χ4n) is 3.20. The Morgan fingerprint density at radius 3 is 2.50 bits per heavy atom. The highest BCUT2D eigenvalue weighted by Crippen LogP contribution is 2.14. The van der Waals surface area contributed by atoms with Crippen LogP contribution in [0.3, 0.4) is 0 Å². The molecule has 6 heteroatoms. The third kappa shape index (κ3) is 5.34. The highest BCUT2D eigenvalue weighted by Gasteiger charge is 2.18. The van der Waals surface area contributed by atoms with Gasteiger partial charge in [-0.3, -0.25) is 9.59 Å². The zero-order valence-electron chi connectivity index (χ0n) is 15.8. The minimum absolute atomic E-state index is 0.0651. The van der Waals surface area contributed by atoms with Crippen molar-refractivity contribution in [2.24, 2.45) is 0 Å². The molecule has 0 unspecified atom stereocenters. The standard InChI is InChI=1S/C22H24N4O2/c23-14-17-7-9-20(10-8-17)24-16-21(27)25-15-18-5-4-6-19(13-18)22(28)26-11-2-1-3-12-26/h4-10,13,24H,1-3,11-12,15-16H2,(H,25,27). The van der Waals surface area contributed by atoms with Crippen molar-refractivity contribution in [3.63, 3.8) is 0 Å². The van der Waals surface area contributed by atoms with E-state index in [1.54, 1.807) is 24.3 Å². The van der Waals surface area contributed by atoms with E-state index >= 15 is 0 Å². The van der Waals surface area contributed by atoms with Gasteiger partial charge >= 0.3 is 0 Å². The molecular formula is C22H24N4O2. The van der Waals surface area contributed by atoms with Crippen LogP contribution in [0, 0.1) is 11.3 Å². The predicted molar refractivity (Wildman–Crippen MR) is 108 cm³/mol. The molecule has 0 bridgehead atoms. The minimum Gasteiger partial charge on any atom is -0.376 e. The van der Waals surface area contributed by atoms with Crippen LogP contribution in [0.4, 0.5) is 5.69 Å². The lowest BCUT2D eigenvalue weighted by atomic mass is 10.1. The van der Waals surface area contributed by atoms with Gasteiger partial charge < -0.3 is 15.5 Å². The number of amides is 2. The summed E-state index contributed by atoms with van der Waals surface area (Å²) < 4.78 is 0. The zero-order chi connectivity index (χ0) is 19.8. The Balaban J connectivity index is 1.49. The first-order valence-corrected chi connectivity index (χ1v) is 9.54. The molecule has 0 atom stereocenters. The van der Waals surface area contributed by atoms with Crippen LogP contribution in [0.5, 0.6) is 0 Å². The maximum atomic E-state index is 12.6. The average molecular weight is 376 g/mol. The second-order valence-corrected chi connectivity index (χ2v) is 6.87. The number of hydrogen-bond donors (Lipinski definition) is 2. The molecule has 2 aromatic carbocycles. The van der Waals surface area contributed by atoms with E-state index in [1.165, 1.54) is 6.42 Å². The van der Waals surface area contributed by atoms with Crippen molar-refractivity contribution in [1.29, 1.82) is 5.26 Å². The molecule has 28 heavy (non-hydrogen) atoms. The Hall–Kier alpha value is -3.33. The first-order valence-electron chi connectivity index (χ1n) is 9.54. The molecule has 0 saturated carbocycles. The second kappa shape index (κ2) is 9.56. The Kier molecular flexibility index (Phi) is 6.64. The Morgan fingerprint density at radius 1 is 1.04 bits per heavy atom. The van der Waals surface area contributed by atoms with E-state index in [0.29, 0.717) is 17.7 Å². The van der Waals surface area contributed by atoms with Gasteiger partial charge in [-0.05, 0) is 61.2 Å². The molecule has 2 amide bonds. The smallest absolute Gasteiger partial charge is 0.253 e. The largest absolute Gasteiger partial charge is 0.376 e. The number of anilines is 1. The van der Waals surface area contributed by atoms with Crippen LogP contribution in [-0.4, -0.2) is 36.3 Å². The van der Waals surface area contributed by atoms with Crippen molar-refractivity contribution < 1.29 is 9.59 Å². The summed E-state index contributed by atoms with van der Waals surface area (Å²) in [6, 6.07) is 16.4. The number of rotatable bonds is 6. The van der Waals surface area contributed by atoms with E-state index < -0.39 is 0 Å². The summed E-state index contributed by atoms with van der Waals surface area (Å²) >= 11 is 0. The molecule has 0 aromatic heterocycles. The molecular weight excluding hydrogens is 352 g/mol. The molecule has 6 nitrogen and oxygen atoms in total. The molecule has 3 rings (SSSR count). The second-order valence-electron chi connectivity index (χ2n) is 6.87. The van der Waals surface area contributed by atoms with Crippen molar-refractivity contribution in [1.82, 2.24) is 10.2 Å². The fourth-order valence-corrected chi connectivity index (χ4v) is 3.20. The molecule has 1 aliphatic heterocycles. The van der Waals surface area contributed by atoms with Crippen LogP contribution in [0.15, 0.2) is 48.5 Å². The quantitative estimate of drug-likeness (QED) is 0.812. The van der Waals surface area contributed by atoms with Crippen molar-refractivity contribution in [3.8, 4) is 6.07 Å². The molecule has 0 aliphatic carbocycles. The SMILES string of the molecule is N#Cc1ccc(NCC(=O)NCc2cccc(C(=O)N3CCCCC3)c2)cc1. The number of benzene rings is 2. The fraction of sp³-hybridized carbons (Fsp3) is 0.318. The van der Waals surface area contributed by atoms with Gasteiger partial charge in [0.2, 0.25) is 5.91 Å². The number of piperidine rings is 1. The molecule has 2 aromatic rings. The maximum Gasteiger partial charge on any atom is 0.253 e. The van der Waals surface area contributed by atoms with Crippen molar-refractivity contribution in [3.05, 3.63) is 65.2 Å². The lowest BCUT2D eigenvalue weighted by molar-refractivity contribution is -0.119. The van der Waals surface area contributed by atoms with Crippen LogP contribution in [0.25, 0.3) is 0 Å². The van der Waals surface area contributed by atoms with Gasteiger partial charge in [-0.2, -0.15) is 5.26 Å². The van der Waals surface area contributed by atoms with Crippen LogP contribution in [-0.2, 0) is 11.3 Å². The predicted octanol–water partition coefficient (Wildman–Crippen LogP) is 2.91. The van der Waals surface area contributed by atoms with Crippen LogP contribution in [0.2, 0.25) is 0 Å². The van der Waals surface area contributed by atoms with Crippen molar-refractivity contribution in [2.75, 3.05) is 25.0 Å². The number of carbonyl (C=O) groups is 2. The maximum absolute atomic E-state index is 12.6. The van der Waals surface area contributed by atoms with E-state index in [-0.39, 0.29) is 18.4 Å². The van der Waals surface area contributed by atoms with Crippen molar-refractivity contribution in [2.45, 2.75) is 25.8 Å². The number of carbonyl (C=O) groups excluding carboxylic acids is 2. The lowest BCUT2D eigenvalue weighted by Gasteiger charge is -2.26. The molecule has 1 aliphatic rings. The number of nitriles is 1. The van der Waals surface area contributed by atoms with Crippen LogP contribution >= 0.6 is 0 Å². The molecule has 0 radical (unpaired) electrons. The monoisotopic (exact) mass is 376 g/mol. The van der Waals surface area contributed by atoms with Gasteiger partial charge in [-0.1, -0.05) is 12.1 Å². The summed E-state index contributed by atoms with van der Waals surface area (Å²) in [4.78, 5) is 26.6. The number of nitrogens with one attached hydrogen (secondary N) is 2. The third-order valence-electron chi connectivity index (χ3n) is 4.77. The molecule has 144 valence electrons. The van der Waals surface area contributed by atoms with Gasteiger partial charge in [-0.15, -0.1) is 0 Å². The summed E-state index contributed by atoms with van der Waals surface area (Å²) in [6.07, 6.45) is 3.31. The first-order chi connectivity index (χ1) is 13.7. The number of nitrogens with zero attached hydrogens (tertiary/aromatic N) is 2. The molecule has 1 fully saturated rings. The first kappa shape index (κ1) is 19.4. The van der Waals surface area contributed by atoms with Gasteiger partial charge in [-0.25, -0.2) is 0 Å². The average Bonchev–Trinajstić information content (AvgIpc) is 2.77. The third-order valence-corrected chi connectivity index (χ3v) is 4.77. The van der Waals surface area contributed by atoms with E-state index in [1.807, 2.05) is 29.2 Å². The summed E-state index contributed by atoms with van der Waals surface area (Å²) in [5, 5.41) is 14.7. The van der Waals surface area contributed by atoms with Crippen molar-refractivity contribution >= 4 is 17.5 Å². The van der Waals surface area contributed by atoms with Gasteiger partial charge in [0.1, 0.15) is 0 Å².